The van der Waals surface area contributed by atoms with E-state index in [4.69, 9.17) is 10.6 Å². The summed E-state index contributed by atoms with van der Waals surface area (Å²) in [5.41, 5.74) is 4.67. The lowest BCUT2D eigenvalue weighted by Crippen LogP contribution is -2.36. The molecule has 3 N–H and O–H groups in total. The van der Waals surface area contributed by atoms with Crippen LogP contribution < -0.4 is 16.0 Å². The molecule has 1 aliphatic rings. The predicted molar refractivity (Wildman–Crippen MR) is 78.8 cm³/mol. The van der Waals surface area contributed by atoms with Gasteiger partial charge >= 0.3 is 0 Å². The zero-order valence-electron chi connectivity index (χ0n) is 12.3. The largest absolute Gasteiger partial charge is 0.496 e. The fourth-order valence-electron chi connectivity index (χ4n) is 3.16. The van der Waals surface area contributed by atoms with Crippen molar-refractivity contribution in [2.45, 2.75) is 45.6 Å². The SMILES string of the molecule is COc1ccccc1C(NN)C1CCC(C)(C)CC1. The van der Waals surface area contributed by atoms with Crippen molar-refractivity contribution in [3.05, 3.63) is 29.8 Å². The lowest BCUT2D eigenvalue weighted by Gasteiger charge is -2.38. The minimum atomic E-state index is 0.187. The standard InChI is InChI=1S/C16H26N2O/c1-16(2)10-8-12(9-11-16)15(18-17)13-6-4-5-7-14(13)19-3/h4-7,12,15,18H,8-11,17H2,1-3H3. The second-order valence-electron chi connectivity index (χ2n) is 6.39. The van der Waals surface area contributed by atoms with Gasteiger partial charge in [0.2, 0.25) is 0 Å². The summed E-state index contributed by atoms with van der Waals surface area (Å²) in [6.45, 7) is 4.72. The lowest BCUT2D eigenvalue weighted by atomic mass is 9.70. The molecule has 1 fully saturated rings. The molecule has 1 saturated carbocycles. The van der Waals surface area contributed by atoms with Crippen LogP contribution in [0.5, 0.6) is 5.75 Å². The number of nitrogens with one attached hydrogen (secondary N) is 1. The maximum atomic E-state index is 5.82. The van der Waals surface area contributed by atoms with Gasteiger partial charge in [-0.1, -0.05) is 32.0 Å². The molecule has 0 aromatic heterocycles. The van der Waals surface area contributed by atoms with Crippen molar-refractivity contribution in [3.8, 4) is 5.75 Å². The van der Waals surface area contributed by atoms with E-state index in [9.17, 15) is 0 Å². The molecule has 1 aromatic carbocycles. The summed E-state index contributed by atoms with van der Waals surface area (Å²) in [4.78, 5) is 0. The van der Waals surface area contributed by atoms with Crippen LogP contribution in [0.25, 0.3) is 0 Å². The van der Waals surface area contributed by atoms with Gasteiger partial charge in [-0.15, -0.1) is 0 Å². The summed E-state index contributed by atoms with van der Waals surface area (Å²) in [5.74, 6) is 7.34. The Morgan fingerprint density at radius 1 is 1.26 bits per heavy atom. The molecular weight excluding hydrogens is 236 g/mol. The van der Waals surface area contributed by atoms with Gasteiger partial charge in [-0.05, 0) is 43.1 Å². The fourth-order valence-corrected chi connectivity index (χ4v) is 3.16. The van der Waals surface area contributed by atoms with Gasteiger partial charge in [-0.3, -0.25) is 11.3 Å². The first-order valence-corrected chi connectivity index (χ1v) is 7.16. The first-order valence-electron chi connectivity index (χ1n) is 7.16. The summed E-state index contributed by atoms with van der Waals surface area (Å²) in [6, 6.07) is 8.36. The van der Waals surface area contributed by atoms with Crippen LogP contribution in [0.3, 0.4) is 0 Å². The Labute approximate surface area is 116 Å². The Morgan fingerprint density at radius 3 is 2.47 bits per heavy atom. The van der Waals surface area contributed by atoms with E-state index < -0.39 is 0 Å². The molecule has 0 aliphatic heterocycles. The molecule has 1 unspecified atom stereocenters. The second kappa shape index (κ2) is 5.93. The topological polar surface area (TPSA) is 47.3 Å². The highest BCUT2D eigenvalue weighted by Gasteiger charge is 2.32. The van der Waals surface area contributed by atoms with E-state index in [1.54, 1.807) is 7.11 Å². The van der Waals surface area contributed by atoms with E-state index >= 15 is 0 Å². The molecule has 3 nitrogen and oxygen atoms in total. The zero-order valence-corrected chi connectivity index (χ0v) is 12.3. The summed E-state index contributed by atoms with van der Waals surface area (Å²) in [6.07, 6.45) is 4.98. The highest BCUT2D eigenvalue weighted by molar-refractivity contribution is 5.36. The number of rotatable bonds is 4. The molecule has 0 spiro atoms. The average molecular weight is 262 g/mol. The minimum Gasteiger partial charge on any atom is -0.496 e. The normalized spacial score (nSPS) is 21.1. The quantitative estimate of drug-likeness (QED) is 0.645. The molecule has 0 saturated heterocycles. The Kier molecular flexibility index (Phi) is 4.48. The molecule has 0 bridgehead atoms. The molecule has 0 heterocycles. The third kappa shape index (κ3) is 3.28. The smallest absolute Gasteiger partial charge is 0.123 e. The van der Waals surface area contributed by atoms with Gasteiger partial charge in [0.15, 0.2) is 0 Å². The third-order valence-electron chi connectivity index (χ3n) is 4.51. The molecule has 1 aliphatic carbocycles. The molecule has 1 aromatic rings. The number of ether oxygens (including phenoxy) is 1. The number of hydrogen-bond acceptors (Lipinski definition) is 3. The summed E-state index contributed by atoms with van der Waals surface area (Å²) >= 11 is 0. The van der Waals surface area contributed by atoms with E-state index in [-0.39, 0.29) is 6.04 Å². The van der Waals surface area contributed by atoms with Gasteiger partial charge < -0.3 is 4.74 Å². The van der Waals surface area contributed by atoms with E-state index in [1.165, 1.54) is 31.2 Å². The minimum absolute atomic E-state index is 0.187. The molecule has 3 heteroatoms. The Morgan fingerprint density at radius 2 is 1.89 bits per heavy atom. The second-order valence-corrected chi connectivity index (χ2v) is 6.39. The zero-order chi connectivity index (χ0) is 13.9. The van der Waals surface area contributed by atoms with Gasteiger partial charge in [-0.2, -0.15) is 0 Å². The number of hydrazine groups is 1. The average Bonchev–Trinajstić information content (AvgIpc) is 2.42. The third-order valence-corrected chi connectivity index (χ3v) is 4.51. The molecule has 106 valence electrons. The molecule has 0 radical (unpaired) electrons. The molecule has 19 heavy (non-hydrogen) atoms. The molecular formula is C16H26N2O. The monoisotopic (exact) mass is 262 g/mol. The lowest BCUT2D eigenvalue weighted by molar-refractivity contribution is 0.160. The summed E-state index contributed by atoms with van der Waals surface area (Å²) in [7, 11) is 1.72. The first-order chi connectivity index (χ1) is 9.07. The number of methoxy groups -OCH3 is 1. The highest BCUT2D eigenvalue weighted by Crippen LogP contribution is 2.43. The van der Waals surface area contributed by atoms with Crippen molar-refractivity contribution in [2.24, 2.45) is 17.2 Å². The fraction of sp³-hybridized carbons (Fsp3) is 0.625. The first kappa shape index (κ1) is 14.4. The van der Waals surface area contributed by atoms with Crippen LogP contribution in [-0.2, 0) is 0 Å². The van der Waals surface area contributed by atoms with Crippen LogP contribution in [0.15, 0.2) is 24.3 Å². The van der Waals surface area contributed by atoms with Crippen LogP contribution in [0.1, 0.15) is 51.1 Å². The van der Waals surface area contributed by atoms with E-state index in [0.29, 0.717) is 11.3 Å². The Balaban J connectivity index is 2.16. The summed E-state index contributed by atoms with van der Waals surface area (Å²) < 4.78 is 5.46. The van der Waals surface area contributed by atoms with Gasteiger partial charge in [0.25, 0.3) is 0 Å². The van der Waals surface area contributed by atoms with E-state index in [1.807, 2.05) is 12.1 Å². The van der Waals surface area contributed by atoms with Crippen LogP contribution in [0.2, 0.25) is 0 Å². The highest BCUT2D eigenvalue weighted by atomic mass is 16.5. The summed E-state index contributed by atoms with van der Waals surface area (Å²) in [5, 5.41) is 0. The van der Waals surface area contributed by atoms with Crippen LogP contribution >= 0.6 is 0 Å². The number of para-hydroxylation sites is 1. The van der Waals surface area contributed by atoms with Gasteiger partial charge in [-0.25, -0.2) is 0 Å². The van der Waals surface area contributed by atoms with E-state index in [0.717, 1.165) is 5.75 Å². The van der Waals surface area contributed by atoms with Gasteiger partial charge in [0, 0.05) is 5.56 Å². The van der Waals surface area contributed by atoms with Crippen LogP contribution in [-0.4, -0.2) is 7.11 Å². The molecule has 0 amide bonds. The van der Waals surface area contributed by atoms with Crippen molar-refractivity contribution in [2.75, 3.05) is 7.11 Å². The Bertz CT molecular complexity index is 407. The van der Waals surface area contributed by atoms with Gasteiger partial charge in [0.1, 0.15) is 5.75 Å². The van der Waals surface area contributed by atoms with Crippen molar-refractivity contribution >= 4 is 0 Å². The van der Waals surface area contributed by atoms with Crippen LogP contribution in [0.4, 0.5) is 0 Å². The van der Waals surface area contributed by atoms with E-state index in [2.05, 4.69) is 31.4 Å². The molecule has 1 atom stereocenters. The number of benzene rings is 1. The maximum absolute atomic E-state index is 5.82. The number of nitrogens with two attached hydrogens (primary N) is 1. The van der Waals surface area contributed by atoms with Crippen molar-refractivity contribution in [1.29, 1.82) is 0 Å². The Hall–Kier alpha value is -1.06. The van der Waals surface area contributed by atoms with Crippen molar-refractivity contribution < 1.29 is 4.74 Å². The van der Waals surface area contributed by atoms with Crippen molar-refractivity contribution in [3.63, 3.8) is 0 Å². The number of hydrogen-bond donors (Lipinski definition) is 2. The molecule has 2 rings (SSSR count). The predicted octanol–water partition coefficient (Wildman–Crippen LogP) is 3.42. The van der Waals surface area contributed by atoms with Gasteiger partial charge in [0.05, 0.1) is 13.2 Å². The van der Waals surface area contributed by atoms with Crippen LogP contribution in [0, 0.1) is 11.3 Å². The van der Waals surface area contributed by atoms with Crippen molar-refractivity contribution in [1.82, 2.24) is 5.43 Å². The maximum Gasteiger partial charge on any atom is 0.123 e.